The number of carbonyl (C=O) groups is 2. The van der Waals surface area contributed by atoms with Crippen molar-refractivity contribution in [3.05, 3.63) is 15.6 Å². The number of rotatable bonds is 4. The number of aliphatic carboxylic acids is 1. The normalized spacial score (nSPS) is 17.8. The molecule has 7 heteroatoms. The van der Waals surface area contributed by atoms with E-state index in [0.717, 1.165) is 5.01 Å². The van der Waals surface area contributed by atoms with Crippen LogP contribution < -0.4 is 0 Å². The topological polar surface area (TPSA) is 79.7 Å². The van der Waals surface area contributed by atoms with Crippen molar-refractivity contribution in [3.8, 4) is 0 Å². The lowest BCUT2D eigenvalue weighted by Gasteiger charge is -2.29. The number of aryl methyl sites for hydroxylation is 1. The van der Waals surface area contributed by atoms with Crippen LogP contribution >= 0.6 is 11.3 Å². The molecule has 1 aliphatic rings. The molecule has 0 aromatic carbocycles. The molecule has 1 aromatic heterocycles. The number of likely N-dealkylation sites (tertiary alicyclic amines) is 1. The first kappa shape index (κ1) is 15.9. The first-order valence-corrected chi connectivity index (χ1v) is 7.78. The fourth-order valence-corrected chi connectivity index (χ4v) is 3.43. The zero-order valence-corrected chi connectivity index (χ0v) is 13.3. The predicted octanol–water partition coefficient (Wildman–Crippen LogP) is 2.10. The van der Waals surface area contributed by atoms with Gasteiger partial charge in [-0.3, -0.25) is 9.59 Å². The van der Waals surface area contributed by atoms with Gasteiger partial charge in [-0.05, 0) is 26.7 Å². The number of hydrogen-bond acceptors (Lipinski definition) is 5. The highest BCUT2D eigenvalue weighted by molar-refractivity contribution is 7.13. The Morgan fingerprint density at radius 3 is 2.57 bits per heavy atom. The van der Waals surface area contributed by atoms with Crippen molar-refractivity contribution in [2.75, 3.05) is 20.2 Å². The molecule has 1 saturated heterocycles. The molecule has 1 amide bonds. The Morgan fingerprint density at radius 1 is 1.43 bits per heavy atom. The number of carboxylic acids is 1. The molecular formula is C14H20N2O4S. The van der Waals surface area contributed by atoms with Crippen LogP contribution in [0, 0.1) is 12.8 Å². The van der Waals surface area contributed by atoms with Gasteiger partial charge < -0.3 is 14.7 Å². The Hall–Kier alpha value is -1.47. The van der Waals surface area contributed by atoms with Crippen LogP contribution in [-0.4, -0.2) is 47.1 Å². The summed E-state index contributed by atoms with van der Waals surface area (Å²) in [5, 5.41) is 9.78. The highest BCUT2D eigenvalue weighted by Gasteiger charge is 2.29. The molecular weight excluding hydrogens is 292 g/mol. The zero-order valence-electron chi connectivity index (χ0n) is 12.5. The first-order valence-electron chi connectivity index (χ1n) is 6.96. The standard InChI is InChI=1S/C14H20N2O4S/c1-8-11(21-12(15-8)9(2)20-3)13(17)16-6-4-10(5-7-16)14(18)19/h9-10H,4-7H2,1-3H3,(H,18,19)/t9-/m1/s1. The van der Waals surface area contributed by atoms with Gasteiger partial charge in [-0.25, -0.2) is 4.98 Å². The zero-order chi connectivity index (χ0) is 15.6. The molecule has 2 heterocycles. The van der Waals surface area contributed by atoms with Crippen LogP contribution in [0.2, 0.25) is 0 Å². The lowest BCUT2D eigenvalue weighted by Crippen LogP contribution is -2.40. The molecule has 116 valence electrons. The van der Waals surface area contributed by atoms with Gasteiger partial charge in [-0.2, -0.15) is 0 Å². The van der Waals surface area contributed by atoms with Gasteiger partial charge in [0.2, 0.25) is 0 Å². The van der Waals surface area contributed by atoms with Crippen molar-refractivity contribution < 1.29 is 19.4 Å². The van der Waals surface area contributed by atoms with E-state index >= 15 is 0 Å². The van der Waals surface area contributed by atoms with Gasteiger partial charge in [0.05, 0.1) is 11.6 Å². The second kappa shape index (κ2) is 6.53. The van der Waals surface area contributed by atoms with Crippen LogP contribution in [0.3, 0.4) is 0 Å². The third kappa shape index (κ3) is 3.41. The molecule has 0 saturated carbocycles. The molecule has 0 aliphatic carbocycles. The van der Waals surface area contributed by atoms with Gasteiger partial charge in [0.25, 0.3) is 5.91 Å². The van der Waals surface area contributed by atoms with Gasteiger partial charge in [-0.15, -0.1) is 11.3 Å². The average molecular weight is 312 g/mol. The van der Waals surface area contributed by atoms with Crippen LogP contribution in [-0.2, 0) is 9.53 Å². The number of methoxy groups -OCH3 is 1. The molecule has 21 heavy (non-hydrogen) atoms. The highest BCUT2D eigenvalue weighted by atomic mass is 32.1. The summed E-state index contributed by atoms with van der Waals surface area (Å²) in [6.45, 7) is 4.69. The minimum Gasteiger partial charge on any atom is -0.481 e. The van der Waals surface area contributed by atoms with Gasteiger partial charge in [0.1, 0.15) is 16.0 Å². The molecule has 1 atom stereocenters. The highest BCUT2D eigenvalue weighted by Crippen LogP contribution is 2.28. The molecule has 0 bridgehead atoms. The van der Waals surface area contributed by atoms with E-state index in [-0.39, 0.29) is 17.9 Å². The van der Waals surface area contributed by atoms with Crippen LogP contribution in [0.25, 0.3) is 0 Å². The number of carboxylic acid groups (broad SMARTS) is 1. The summed E-state index contributed by atoms with van der Waals surface area (Å²) in [5.41, 5.74) is 0.712. The van der Waals surface area contributed by atoms with Crippen LogP contribution in [0.4, 0.5) is 0 Å². The number of aromatic nitrogens is 1. The van der Waals surface area contributed by atoms with E-state index in [1.54, 1.807) is 12.0 Å². The largest absolute Gasteiger partial charge is 0.481 e. The maximum atomic E-state index is 12.5. The van der Waals surface area contributed by atoms with Crippen molar-refractivity contribution in [1.82, 2.24) is 9.88 Å². The second-order valence-electron chi connectivity index (χ2n) is 5.25. The quantitative estimate of drug-likeness (QED) is 0.921. The molecule has 2 rings (SSSR count). The number of amides is 1. The van der Waals surface area contributed by atoms with Crippen molar-refractivity contribution in [3.63, 3.8) is 0 Å². The number of thiazole rings is 1. The Kier molecular flexibility index (Phi) is 4.95. The smallest absolute Gasteiger partial charge is 0.306 e. The molecule has 1 N–H and O–H groups in total. The molecule has 0 unspecified atom stereocenters. The maximum absolute atomic E-state index is 12.5. The Bertz CT molecular complexity index is 535. The van der Waals surface area contributed by atoms with Gasteiger partial charge in [0, 0.05) is 20.2 Å². The van der Waals surface area contributed by atoms with E-state index in [9.17, 15) is 9.59 Å². The van der Waals surface area contributed by atoms with E-state index in [1.165, 1.54) is 11.3 Å². The number of piperidine rings is 1. The van der Waals surface area contributed by atoms with Crippen molar-refractivity contribution in [2.45, 2.75) is 32.8 Å². The van der Waals surface area contributed by atoms with Crippen LogP contribution in [0.1, 0.15) is 46.2 Å². The Morgan fingerprint density at radius 2 is 2.05 bits per heavy atom. The van der Waals surface area contributed by atoms with Crippen LogP contribution in [0.15, 0.2) is 0 Å². The SMILES string of the molecule is CO[C@H](C)c1nc(C)c(C(=O)N2CCC(C(=O)O)CC2)s1. The number of hydrogen-bond donors (Lipinski definition) is 1. The maximum Gasteiger partial charge on any atom is 0.306 e. The predicted molar refractivity (Wildman–Crippen MR) is 78.5 cm³/mol. The molecule has 1 aromatic rings. The summed E-state index contributed by atoms with van der Waals surface area (Å²) < 4.78 is 5.23. The van der Waals surface area contributed by atoms with E-state index in [2.05, 4.69) is 4.98 Å². The number of carbonyl (C=O) groups excluding carboxylic acids is 1. The third-order valence-corrected chi connectivity index (χ3v) is 5.15. The number of nitrogens with zero attached hydrogens (tertiary/aromatic N) is 2. The molecule has 6 nitrogen and oxygen atoms in total. The number of ether oxygens (including phenoxy) is 1. The fourth-order valence-electron chi connectivity index (χ4n) is 2.36. The third-order valence-electron chi connectivity index (χ3n) is 3.84. The first-order chi connectivity index (χ1) is 9.93. The molecule has 1 fully saturated rings. The van der Waals surface area contributed by atoms with E-state index < -0.39 is 5.97 Å². The van der Waals surface area contributed by atoms with E-state index in [1.807, 2.05) is 13.8 Å². The van der Waals surface area contributed by atoms with Crippen molar-refractivity contribution in [2.24, 2.45) is 5.92 Å². The fraction of sp³-hybridized carbons (Fsp3) is 0.643. The lowest BCUT2D eigenvalue weighted by atomic mass is 9.97. The summed E-state index contributed by atoms with van der Waals surface area (Å²) >= 11 is 1.36. The Balaban J connectivity index is 2.07. The van der Waals surface area contributed by atoms with E-state index in [0.29, 0.717) is 36.5 Å². The summed E-state index contributed by atoms with van der Waals surface area (Å²) in [5.74, 6) is -1.16. The summed E-state index contributed by atoms with van der Waals surface area (Å²) in [7, 11) is 1.61. The summed E-state index contributed by atoms with van der Waals surface area (Å²) in [6, 6.07) is 0. The minimum absolute atomic E-state index is 0.0524. The molecule has 0 spiro atoms. The van der Waals surface area contributed by atoms with E-state index in [4.69, 9.17) is 9.84 Å². The molecule has 1 aliphatic heterocycles. The van der Waals surface area contributed by atoms with Gasteiger partial charge in [0.15, 0.2) is 0 Å². The monoisotopic (exact) mass is 312 g/mol. The second-order valence-corrected chi connectivity index (χ2v) is 6.28. The van der Waals surface area contributed by atoms with Gasteiger partial charge >= 0.3 is 5.97 Å². The Labute approximate surface area is 127 Å². The van der Waals surface area contributed by atoms with Crippen molar-refractivity contribution in [1.29, 1.82) is 0 Å². The summed E-state index contributed by atoms with van der Waals surface area (Å²) in [4.78, 5) is 30.2. The van der Waals surface area contributed by atoms with Crippen LogP contribution in [0.5, 0.6) is 0 Å². The lowest BCUT2D eigenvalue weighted by molar-refractivity contribution is -0.143. The average Bonchev–Trinajstić information content (AvgIpc) is 2.87. The van der Waals surface area contributed by atoms with Gasteiger partial charge in [-0.1, -0.05) is 0 Å². The van der Waals surface area contributed by atoms with Crippen molar-refractivity contribution >= 4 is 23.2 Å². The molecule has 0 radical (unpaired) electrons. The minimum atomic E-state index is -0.771. The summed E-state index contributed by atoms with van der Waals surface area (Å²) in [6.07, 6.45) is 0.897.